The Bertz CT molecular complexity index is 351. The fourth-order valence-corrected chi connectivity index (χ4v) is 2.97. The molecule has 1 heterocycles. The van der Waals surface area contributed by atoms with Gasteiger partial charge in [0.15, 0.2) is 0 Å². The van der Waals surface area contributed by atoms with Crippen molar-refractivity contribution in [2.75, 3.05) is 25.4 Å². The van der Waals surface area contributed by atoms with E-state index in [1.165, 1.54) is 6.42 Å². The molecule has 0 spiro atoms. The van der Waals surface area contributed by atoms with Crippen LogP contribution in [0.1, 0.15) is 13.3 Å². The molecule has 88 valence electrons. The summed E-state index contributed by atoms with van der Waals surface area (Å²) < 4.78 is 5.48. The first-order valence-corrected chi connectivity index (χ1v) is 6.57. The molecule has 0 aromatic heterocycles. The number of ether oxygens (including phenoxy) is 1. The monoisotopic (exact) mass is 238 g/mol. The molecule has 1 aliphatic heterocycles. The lowest BCUT2D eigenvalue weighted by atomic mass is 10.3. The average molecular weight is 238 g/mol. The van der Waals surface area contributed by atoms with Gasteiger partial charge in [0, 0.05) is 22.4 Å². The summed E-state index contributed by atoms with van der Waals surface area (Å²) in [5.74, 6) is 0.908. The summed E-state index contributed by atoms with van der Waals surface area (Å²) in [4.78, 5) is 1.14. The molecule has 1 fully saturated rings. The summed E-state index contributed by atoms with van der Waals surface area (Å²) in [6.45, 7) is 4.87. The molecule has 3 nitrogen and oxygen atoms in total. The lowest BCUT2D eigenvalue weighted by Crippen LogP contribution is -2.10. The van der Waals surface area contributed by atoms with Gasteiger partial charge in [0.1, 0.15) is 5.75 Å². The third kappa shape index (κ3) is 2.83. The van der Waals surface area contributed by atoms with Crippen molar-refractivity contribution in [1.29, 1.82) is 0 Å². The maximum atomic E-state index is 5.97. The van der Waals surface area contributed by atoms with Crippen LogP contribution in [0.5, 0.6) is 5.75 Å². The Morgan fingerprint density at radius 1 is 1.56 bits per heavy atom. The molecule has 1 saturated heterocycles. The zero-order valence-corrected chi connectivity index (χ0v) is 10.3. The number of thioether (sulfide) groups is 1. The van der Waals surface area contributed by atoms with E-state index in [0.29, 0.717) is 11.9 Å². The van der Waals surface area contributed by atoms with Crippen molar-refractivity contribution in [1.82, 2.24) is 5.32 Å². The highest BCUT2D eigenvalue weighted by molar-refractivity contribution is 8.00. The summed E-state index contributed by atoms with van der Waals surface area (Å²) in [5, 5.41) is 4.00. The van der Waals surface area contributed by atoms with Crippen molar-refractivity contribution in [3.8, 4) is 5.75 Å². The van der Waals surface area contributed by atoms with Gasteiger partial charge in [-0.1, -0.05) is 0 Å². The summed E-state index contributed by atoms with van der Waals surface area (Å²) in [6, 6.07) is 5.90. The summed E-state index contributed by atoms with van der Waals surface area (Å²) in [7, 11) is 0. The second kappa shape index (κ2) is 5.46. The van der Waals surface area contributed by atoms with E-state index < -0.39 is 0 Å². The third-order valence-corrected chi connectivity index (χ3v) is 3.95. The fraction of sp³-hybridized carbons (Fsp3) is 0.500. The lowest BCUT2D eigenvalue weighted by molar-refractivity contribution is 0.339. The highest BCUT2D eigenvalue weighted by Crippen LogP contribution is 2.33. The maximum absolute atomic E-state index is 5.97. The van der Waals surface area contributed by atoms with E-state index >= 15 is 0 Å². The number of anilines is 1. The van der Waals surface area contributed by atoms with Gasteiger partial charge < -0.3 is 15.8 Å². The molecule has 0 radical (unpaired) electrons. The molecule has 1 unspecified atom stereocenters. The van der Waals surface area contributed by atoms with Crippen molar-refractivity contribution >= 4 is 17.4 Å². The van der Waals surface area contributed by atoms with Crippen LogP contribution in [0.25, 0.3) is 0 Å². The second-order valence-electron chi connectivity index (χ2n) is 3.87. The van der Waals surface area contributed by atoms with E-state index in [9.17, 15) is 0 Å². The van der Waals surface area contributed by atoms with Crippen molar-refractivity contribution in [2.24, 2.45) is 0 Å². The molecule has 3 N–H and O–H groups in total. The van der Waals surface area contributed by atoms with Crippen molar-refractivity contribution < 1.29 is 4.74 Å². The van der Waals surface area contributed by atoms with E-state index in [4.69, 9.17) is 10.5 Å². The number of hydrogen-bond donors (Lipinski definition) is 2. The van der Waals surface area contributed by atoms with Gasteiger partial charge in [-0.15, -0.1) is 11.8 Å². The molecule has 4 heteroatoms. The van der Waals surface area contributed by atoms with Crippen molar-refractivity contribution in [3.63, 3.8) is 0 Å². The minimum absolute atomic E-state index is 0.638. The van der Waals surface area contributed by atoms with Crippen LogP contribution in [-0.2, 0) is 0 Å². The van der Waals surface area contributed by atoms with Crippen LogP contribution in [0, 0.1) is 0 Å². The smallest absolute Gasteiger partial charge is 0.120 e. The highest BCUT2D eigenvalue weighted by Gasteiger charge is 2.17. The first kappa shape index (κ1) is 11.6. The van der Waals surface area contributed by atoms with E-state index in [-0.39, 0.29) is 0 Å². The van der Waals surface area contributed by atoms with Gasteiger partial charge in [-0.05, 0) is 38.1 Å². The molecule has 0 bridgehead atoms. The Kier molecular flexibility index (Phi) is 3.96. The number of rotatable bonds is 4. The van der Waals surface area contributed by atoms with Crippen molar-refractivity contribution in [3.05, 3.63) is 18.2 Å². The molecule has 2 rings (SSSR count). The van der Waals surface area contributed by atoms with E-state index in [2.05, 4.69) is 5.32 Å². The minimum Gasteiger partial charge on any atom is -0.494 e. The minimum atomic E-state index is 0.638. The molecule has 1 aromatic rings. The summed E-state index contributed by atoms with van der Waals surface area (Å²) in [5.41, 5.74) is 6.81. The SMILES string of the molecule is CCOc1ccc(N)c(SC2CCNC2)c1. The van der Waals surface area contributed by atoms with Crippen LogP contribution in [0.4, 0.5) is 5.69 Å². The van der Waals surface area contributed by atoms with E-state index in [0.717, 1.165) is 29.4 Å². The normalized spacial score (nSPS) is 19.9. The zero-order valence-electron chi connectivity index (χ0n) is 9.53. The van der Waals surface area contributed by atoms with Gasteiger partial charge in [0.05, 0.1) is 6.61 Å². The Hall–Kier alpha value is -0.870. The molecular formula is C12H18N2OS. The molecular weight excluding hydrogens is 220 g/mol. The molecule has 16 heavy (non-hydrogen) atoms. The van der Waals surface area contributed by atoms with Gasteiger partial charge in [-0.2, -0.15) is 0 Å². The molecule has 1 aromatic carbocycles. The first-order valence-electron chi connectivity index (χ1n) is 5.69. The maximum Gasteiger partial charge on any atom is 0.120 e. The summed E-state index contributed by atoms with van der Waals surface area (Å²) in [6.07, 6.45) is 1.21. The van der Waals surface area contributed by atoms with Gasteiger partial charge in [-0.3, -0.25) is 0 Å². The molecule has 0 saturated carbocycles. The largest absolute Gasteiger partial charge is 0.494 e. The summed E-state index contributed by atoms with van der Waals surface area (Å²) >= 11 is 1.85. The number of hydrogen-bond acceptors (Lipinski definition) is 4. The third-order valence-electron chi connectivity index (χ3n) is 2.60. The van der Waals surface area contributed by atoms with Crippen molar-refractivity contribution in [2.45, 2.75) is 23.5 Å². The number of nitrogens with two attached hydrogens (primary N) is 1. The second-order valence-corrected chi connectivity index (χ2v) is 5.21. The quantitative estimate of drug-likeness (QED) is 0.789. The fourth-order valence-electron chi connectivity index (χ4n) is 1.78. The lowest BCUT2D eigenvalue weighted by Gasteiger charge is -2.12. The standard InChI is InChI=1S/C12H18N2OS/c1-2-15-9-3-4-11(13)12(7-9)16-10-5-6-14-8-10/h3-4,7,10,14H,2,5-6,8,13H2,1H3. The van der Waals surface area contributed by atoms with Crippen LogP contribution in [0.2, 0.25) is 0 Å². The highest BCUT2D eigenvalue weighted by atomic mass is 32.2. The number of benzene rings is 1. The van der Waals surface area contributed by atoms with Crippen LogP contribution in [0.15, 0.2) is 23.1 Å². The van der Waals surface area contributed by atoms with Crippen LogP contribution in [-0.4, -0.2) is 24.9 Å². The number of nitrogens with one attached hydrogen (secondary N) is 1. The van der Waals surface area contributed by atoms with Crippen LogP contribution >= 0.6 is 11.8 Å². The predicted molar refractivity (Wildman–Crippen MR) is 69.2 cm³/mol. The van der Waals surface area contributed by atoms with E-state index in [1.807, 2.05) is 36.9 Å². The van der Waals surface area contributed by atoms with Gasteiger partial charge in [-0.25, -0.2) is 0 Å². The molecule has 0 amide bonds. The van der Waals surface area contributed by atoms with Crippen LogP contribution < -0.4 is 15.8 Å². The molecule has 1 aliphatic rings. The zero-order chi connectivity index (χ0) is 11.4. The number of nitrogen functional groups attached to an aromatic ring is 1. The molecule has 0 aliphatic carbocycles. The Morgan fingerprint density at radius 2 is 2.44 bits per heavy atom. The Balaban J connectivity index is 2.08. The van der Waals surface area contributed by atoms with E-state index in [1.54, 1.807) is 0 Å². The Morgan fingerprint density at radius 3 is 3.12 bits per heavy atom. The predicted octanol–water partition coefficient (Wildman–Crippen LogP) is 2.12. The van der Waals surface area contributed by atoms with Gasteiger partial charge in [0.2, 0.25) is 0 Å². The molecule has 1 atom stereocenters. The Labute approximate surface area is 101 Å². The first-order chi connectivity index (χ1) is 7.79. The van der Waals surface area contributed by atoms with Gasteiger partial charge >= 0.3 is 0 Å². The van der Waals surface area contributed by atoms with Crippen LogP contribution in [0.3, 0.4) is 0 Å². The van der Waals surface area contributed by atoms with Gasteiger partial charge in [0.25, 0.3) is 0 Å². The topological polar surface area (TPSA) is 47.3 Å². The average Bonchev–Trinajstić information content (AvgIpc) is 2.76.